The molecule has 5 atom stereocenters. The van der Waals surface area contributed by atoms with Crippen molar-refractivity contribution in [1.29, 1.82) is 0 Å². The van der Waals surface area contributed by atoms with Gasteiger partial charge in [-0.2, -0.15) is 0 Å². The molecule has 98 valence electrons. The van der Waals surface area contributed by atoms with E-state index in [2.05, 4.69) is 4.90 Å². The zero-order valence-electron chi connectivity index (χ0n) is 11.0. The van der Waals surface area contributed by atoms with E-state index in [9.17, 15) is 0 Å². The summed E-state index contributed by atoms with van der Waals surface area (Å²) in [7, 11) is 0. The van der Waals surface area contributed by atoms with Crippen LogP contribution in [0.5, 0.6) is 0 Å². The van der Waals surface area contributed by atoms with Gasteiger partial charge in [0.15, 0.2) is 0 Å². The Morgan fingerprint density at radius 1 is 1.17 bits per heavy atom. The molecule has 18 heavy (non-hydrogen) atoms. The Morgan fingerprint density at radius 3 is 3.17 bits per heavy atom. The Balaban J connectivity index is 1.72. The quantitative estimate of drug-likeness (QED) is 0.655. The van der Waals surface area contributed by atoms with E-state index in [0.717, 1.165) is 18.4 Å². The van der Waals surface area contributed by atoms with Crippen molar-refractivity contribution >= 4 is 5.84 Å². The van der Waals surface area contributed by atoms with E-state index in [1.165, 1.54) is 57.3 Å². The van der Waals surface area contributed by atoms with Gasteiger partial charge < -0.3 is 9.64 Å². The molecule has 1 aliphatic carbocycles. The zero-order chi connectivity index (χ0) is 11.7. The minimum atomic E-state index is 0.344. The number of nitrogens with zero attached hydrogens (tertiary/aromatic N) is 2. The molecule has 0 unspecified atom stereocenters. The lowest BCUT2D eigenvalue weighted by Crippen LogP contribution is -2.75. The summed E-state index contributed by atoms with van der Waals surface area (Å²) >= 11 is 0. The first-order chi connectivity index (χ1) is 8.91. The highest BCUT2D eigenvalue weighted by Gasteiger charge is 2.67. The molecule has 0 aromatic heterocycles. The monoisotopic (exact) mass is 246 g/mol. The first kappa shape index (κ1) is 10.2. The lowest BCUT2D eigenvalue weighted by Gasteiger charge is -2.69. The second-order valence-electron chi connectivity index (χ2n) is 6.90. The fraction of sp³-hybridized carbons (Fsp3) is 0.933. The van der Waals surface area contributed by atoms with Gasteiger partial charge in [-0.05, 0) is 44.4 Å². The number of rotatable bonds is 0. The SMILES string of the molecule is C1C[C@@H]2O[C@H]3[C@H]4CCCN3C3=NCCC[C@@]32[C@@H]4C1. The molecule has 5 fully saturated rings. The number of amidine groups is 1. The highest BCUT2D eigenvalue weighted by atomic mass is 16.5. The smallest absolute Gasteiger partial charge is 0.134 e. The van der Waals surface area contributed by atoms with Crippen molar-refractivity contribution in [3.63, 3.8) is 0 Å². The predicted molar refractivity (Wildman–Crippen MR) is 69.4 cm³/mol. The van der Waals surface area contributed by atoms with Crippen LogP contribution in [0, 0.1) is 17.3 Å². The zero-order valence-corrected chi connectivity index (χ0v) is 11.0. The highest BCUT2D eigenvalue weighted by molar-refractivity contribution is 5.92. The van der Waals surface area contributed by atoms with E-state index < -0.39 is 0 Å². The average Bonchev–Trinajstić information content (AvgIpc) is 2.40. The summed E-state index contributed by atoms with van der Waals surface area (Å²) < 4.78 is 6.53. The molecule has 0 aromatic carbocycles. The fourth-order valence-corrected chi connectivity index (χ4v) is 5.86. The molecule has 6 aliphatic rings. The number of aliphatic imine (C=N–C) groups is 1. The molecule has 1 saturated carbocycles. The predicted octanol–water partition coefficient (Wildman–Crippen LogP) is 2.42. The highest BCUT2D eigenvalue weighted by Crippen LogP contribution is 2.62. The Labute approximate surface area is 109 Å². The van der Waals surface area contributed by atoms with Crippen molar-refractivity contribution in [2.45, 2.75) is 57.3 Å². The average molecular weight is 246 g/mol. The summed E-state index contributed by atoms with van der Waals surface area (Å²) in [5, 5.41) is 0. The molecule has 1 spiro atoms. The Morgan fingerprint density at radius 2 is 2.17 bits per heavy atom. The second kappa shape index (κ2) is 3.30. The van der Waals surface area contributed by atoms with Crippen molar-refractivity contribution in [3.8, 4) is 0 Å². The molecular weight excluding hydrogens is 224 g/mol. The molecular formula is C15H22N2O. The molecule has 4 saturated heterocycles. The standard InChI is InChI=1S/C15H22N2O/c1-5-11-10-4-2-9-17-13(10)18-12(6-1)15(11)7-3-8-16-14(15)17/h10-13H,1-9H2/t10-,11+,12-,13-,15-/m0/s1. The summed E-state index contributed by atoms with van der Waals surface area (Å²) in [5.41, 5.74) is 0.344. The molecule has 0 N–H and O–H groups in total. The molecule has 0 aromatic rings. The van der Waals surface area contributed by atoms with Crippen LogP contribution in [0.1, 0.15) is 44.9 Å². The third-order valence-corrected chi connectivity index (χ3v) is 6.35. The van der Waals surface area contributed by atoms with Crippen LogP contribution in [-0.2, 0) is 4.74 Å². The van der Waals surface area contributed by atoms with Gasteiger partial charge in [0.1, 0.15) is 12.1 Å². The van der Waals surface area contributed by atoms with Gasteiger partial charge in [-0.3, -0.25) is 4.99 Å². The summed E-state index contributed by atoms with van der Waals surface area (Å²) in [6.07, 6.45) is 10.4. The third-order valence-electron chi connectivity index (χ3n) is 6.35. The number of hydrogen-bond donors (Lipinski definition) is 0. The van der Waals surface area contributed by atoms with E-state index in [0.29, 0.717) is 17.7 Å². The van der Waals surface area contributed by atoms with Crippen LogP contribution in [0.4, 0.5) is 0 Å². The van der Waals surface area contributed by atoms with Gasteiger partial charge in [-0.15, -0.1) is 0 Å². The minimum absolute atomic E-state index is 0.344. The van der Waals surface area contributed by atoms with E-state index in [1.54, 1.807) is 0 Å². The lowest BCUT2D eigenvalue weighted by molar-refractivity contribution is -0.268. The summed E-state index contributed by atoms with van der Waals surface area (Å²) in [5.74, 6) is 3.19. The molecule has 3 heteroatoms. The van der Waals surface area contributed by atoms with Gasteiger partial charge in [-0.1, -0.05) is 6.42 Å². The summed E-state index contributed by atoms with van der Waals surface area (Å²) in [4.78, 5) is 7.55. The summed E-state index contributed by atoms with van der Waals surface area (Å²) in [6.45, 7) is 2.26. The van der Waals surface area contributed by atoms with Gasteiger partial charge in [0.05, 0.1) is 11.5 Å². The Kier molecular flexibility index (Phi) is 1.88. The van der Waals surface area contributed by atoms with Crippen molar-refractivity contribution in [2.24, 2.45) is 22.2 Å². The Bertz CT molecular complexity index is 421. The third kappa shape index (κ3) is 0.974. The molecule has 5 heterocycles. The first-order valence-electron chi connectivity index (χ1n) is 7.88. The van der Waals surface area contributed by atoms with Gasteiger partial charge in [0.25, 0.3) is 0 Å². The second-order valence-corrected chi connectivity index (χ2v) is 6.90. The van der Waals surface area contributed by atoms with E-state index in [1.807, 2.05) is 0 Å². The molecule has 5 aliphatic heterocycles. The van der Waals surface area contributed by atoms with Gasteiger partial charge in [-0.25, -0.2) is 0 Å². The van der Waals surface area contributed by atoms with Crippen LogP contribution < -0.4 is 0 Å². The van der Waals surface area contributed by atoms with Crippen LogP contribution in [0.3, 0.4) is 0 Å². The number of hydrogen-bond acceptors (Lipinski definition) is 3. The van der Waals surface area contributed by atoms with E-state index in [-0.39, 0.29) is 0 Å². The topological polar surface area (TPSA) is 24.8 Å². The maximum absolute atomic E-state index is 6.53. The first-order valence-corrected chi connectivity index (χ1v) is 7.88. The maximum Gasteiger partial charge on any atom is 0.134 e. The number of piperidine rings is 2. The molecule has 0 radical (unpaired) electrons. The Hall–Kier alpha value is -0.570. The molecule has 0 amide bonds. The van der Waals surface area contributed by atoms with Gasteiger partial charge in [0, 0.05) is 19.0 Å². The normalized spacial score (nSPS) is 52.9. The molecule has 6 bridgehead atoms. The van der Waals surface area contributed by atoms with Crippen LogP contribution >= 0.6 is 0 Å². The largest absolute Gasteiger partial charge is 0.354 e. The van der Waals surface area contributed by atoms with Crippen molar-refractivity contribution in [2.75, 3.05) is 13.1 Å². The molecule has 3 nitrogen and oxygen atoms in total. The minimum Gasteiger partial charge on any atom is -0.354 e. The lowest BCUT2D eigenvalue weighted by atomic mass is 9.51. The summed E-state index contributed by atoms with van der Waals surface area (Å²) in [6, 6.07) is 0. The molecule has 6 rings (SSSR count). The van der Waals surface area contributed by atoms with Crippen molar-refractivity contribution in [1.82, 2.24) is 4.90 Å². The maximum atomic E-state index is 6.53. The van der Waals surface area contributed by atoms with Crippen molar-refractivity contribution < 1.29 is 4.74 Å². The fourth-order valence-electron chi connectivity index (χ4n) is 5.86. The van der Waals surface area contributed by atoms with E-state index in [4.69, 9.17) is 9.73 Å². The van der Waals surface area contributed by atoms with Crippen LogP contribution in [0.2, 0.25) is 0 Å². The van der Waals surface area contributed by atoms with Gasteiger partial charge >= 0.3 is 0 Å². The van der Waals surface area contributed by atoms with Crippen LogP contribution in [-0.4, -0.2) is 36.2 Å². The van der Waals surface area contributed by atoms with E-state index >= 15 is 0 Å². The van der Waals surface area contributed by atoms with Crippen LogP contribution in [0.15, 0.2) is 4.99 Å². The van der Waals surface area contributed by atoms with Crippen molar-refractivity contribution in [3.05, 3.63) is 0 Å². The van der Waals surface area contributed by atoms with Gasteiger partial charge in [0.2, 0.25) is 0 Å². The van der Waals surface area contributed by atoms with Crippen LogP contribution in [0.25, 0.3) is 0 Å². The number of ether oxygens (including phenoxy) is 1.